The van der Waals surface area contributed by atoms with Crippen LogP contribution in [0.1, 0.15) is 21.5 Å². The summed E-state index contributed by atoms with van der Waals surface area (Å²) in [6.07, 6.45) is 1.78. The Morgan fingerprint density at radius 1 is 1.17 bits per heavy atom. The second-order valence-electron chi connectivity index (χ2n) is 4.95. The van der Waals surface area contributed by atoms with Crippen LogP contribution in [-0.2, 0) is 4.74 Å². The molecule has 0 aromatic heterocycles. The second kappa shape index (κ2) is 6.12. The lowest BCUT2D eigenvalue weighted by Gasteiger charge is -2.20. The van der Waals surface area contributed by atoms with Crippen molar-refractivity contribution in [3.8, 4) is 11.5 Å². The van der Waals surface area contributed by atoms with Gasteiger partial charge in [-0.2, -0.15) is 0 Å². The second-order valence-corrected chi connectivity index (χ2v) is 4.95. The van der Waals surface area contributed by atoms with Gasteiger partial charge in [-0.3, -0.25) is 0 Å². The van der Waals surface area contributed by atoms with Crippen molar-refractivity contribution in [2.75, 3.05) is 20.8 Å². The zero-order valence-corrected chi connectivity index (χ0v) is 12.8. The molecule has 0 amide bonds. The van der Waals surface area contributed by atoms with E-state index in [9.17, 15) is 9.18 Å². The van der Waals surface area contributed by atoms with Crippen molar-refractivity contribution in [2.24, 2.45) is 0 Å². The smallest absolute Gasteiger partial charge is 0.337 e. The Kier molecular flexibility index (Phi) is 4.02. The first-order valence-electron chi connectivity index (χ1n) is 7.04. The molecule has 2 aromatic carbocycles. The summed E-state index contributed by atoms with van der Waals surface area (Å²) >= 11 is 0. The fraction of sp³-hybridized carbons (Fsp3) is 0.167. The number of carbonyl (C=O) groups excluding carboxylic acids is 1. The summed E-state index contributed by atoms with van der Waals surface area (Å²) in [7, 11) is 2.74. The average Bonchev–Trinajstić information content (AvgIpc) is 2.60. The minimum atomic E-state index is -0.455. The lowest BCUT2D eigenvalue weighted by molar-refractivity contribution is 0.0600. The van der Waals surface area contributed by atoms with Crippen molar-refractivity contribution in [3.05, 3.63) is 65.0 Å². The maximum atomic E-state index is 14.6. The van der Waals surface area contributed by atoms with E-state index >= 15 is 0 Å². The monoisotopic (exact) mass is 314 g/mol. The molecule has 0 aliphatic carbocycles. The van der Waals surface area contributed by atoms with Crippen molar-refractivity contribution in [2.45, 2.75) is 0 Å². The quantitative estimate of drug-likeness (QED) is 0.814. The van der Waals surface area contributed by atoms with Gasteiger partial charge < -0.3 is 14.2 Å². The lowest BCUT2D eigenvalue weighted by Crippen LogP contribution is -2.09. The van der Waals surface area contributed by atoms with Crippen LogP contribution in [0.2, 0.25) is 0 Å². The number of hydrogen-bond acceptors (Lipinski definition) is 4. The van der Waals surface area contributed by atoms with E-state index in [1.54, 1.807) is 42.5 Å². The highest BCUT2D eigenvalue weighted by Crippen LogP contribution is 2.37. The summed E-state index contributed by atoms with van der Waals surface area (Å²) in [5, 5.41) is 0. The van der Waals surface area contributed by atoms with Crippen molar-refractivity contribution in [1.82, 2.24) is 0 Å². The van der Waals surface area contributed by atoms with Crippen LogP contribution in [0, 0.1) is 5.82 Å². The Morgan fingerprint density at radius 2 is 2.00 bits per heavy atom. The molecule has 0 spiro atoms. The molecule has 0 fully saturated rings. The van der Waals surface area contributed by atoms with Gasteiger partial charge in [-0.25, -0.2) is 9.18 Å². The zero-order valence-electron chi connectivity index (χ0n) is 12.8. The van der Waals surface area contributed by atoms with Crippen LogP contribution < -0.4 is 9.47 Å². The highest BCUT2D eigenvalue weighted by atomic mass is 19.1. The van der Waals surface area contributed by atoms with Gasteiger partial charge in [0.25, 0.3) is 0 Å². The summed E-state index contributed by atoms with van der Waals surface area (Å²) in [4.78, 5) is 11.7. The van der Waals surface area contributed by atoms with Crippen molar-refractivity contribution in [3.63, 3.8) is 0 Å². The Hall–Kier alpha value is -2.82. The van der Waals surface area contributed by atoms with E-state index in [0.717, 1.165) is 0 Å². The van der Waals surface area contributed by atoms with Crippen LogP contribution in [0.5, 0.6) is 11.5 Å². The maximum Gasteiger partial charge on any atom is 0.337 e. The first kappa shape index (κ1) is 15.1. The van der Waals surface area contributed by atoms with Crippen LogP contribution in [-0.4, -0.2) is 26.8 Å². The number of ether oxygens (including phenoxy) is 3. The predicted octanol–water partition coefficient (Wildman–Crippen LogP) is 3.45. The molecule has 23 heavy (non-hydrogen) atoms. The van der Waals surface area contributed by atoms with E-state index in [2.05, 4.69) is 0 Å². The Bertz CT molecular complexity index is 796. The topological polar surface area (TPSA) is 44.8 Å². The fourth-order valence-electron chi connectivity index (χ4n) is 2.57. The van der Waals surface area contributed by atoms with Crippen molar-refractivity contribution in [1.29, 1.82) is 0 Å². The Morgan fingerprint density at radius 3 is 2.74 bits per heavy atom. The van der Waals surface area contributed by atoms with Crippen LogP contribution in [0.4, 0.5) is 4.39 Å². The lowest BCUT2D eigenvalue weighted by atomic mass is 9.93. The van der Waals surface area contributed by atoms with Gasteiger partial charge in [0.1, 0.15) is 12.4 Å². The van der Waals surface area contributed by atoms with Crippen LogP contribution in [0.3, 0.4) is 0 Å². The number of halogens is 1. The number of esters is 1. The van der Waals surface area contributed by atoms with Gasteiger partial charge in [0.15, 0.2) is 11.6 Å². The Balaban J connectivity index is 2.13. The molecule has 4 nitrogen and oxygen atoms in total. The van der Waals surface area contributed by atoms with Gasteiger partial charge in [-0.05, 0) is 35.9 Å². The SMILES string of the molecule is COC(=O)c1ccc2c(c1)C(c1cccc(OC)c1F)=CCO2. The molecule has 1 aliphatic heterocycles. The number of rotatable bonds is 3. The minimum Gasteiger partial charge on any atom is -0.494 e. The molecule has 2 aromatic rings. The normalized spacial score (nSPS) is 12.7. The van der Waals surface area contributed by atoms with Crippen molar-refractivity contribution < 1.29 is 23.4 Å². The largest absolute Gasteiger partial charge is 0.494 e. The molecule has 0 saturated carbocycles. The highest BCUT2D eigenvalue weighted by Gasteiger charge is 2.21. The molecule has 3 rings (SSSR count). The minimum absolute atomic E-state index is 0.167. The molecule has 0 atom stereocenters. The number of carbonyl (C=O) groups is 1. The summed E-state index contributed by atoms with van der Waals surface area (Å²) in [5.74, 6) is -0.139. The van der Waals surface area contributed by atoms with Gasteiger partial charge in [0.05, 0.1) is 19.8 Å². The van der Waals surface area contributed by atoms with E-state index < -0.39 is 11.8 Å². The standard InChI is InChI=1S/C18H15FO4/c1-21-16-5-3-4-13(17(16)19)12-8-9-23-15-7-6-11(10-14(12)15)18(20)22-2/h3-8,10H,9H2,1-2H3. The molecular weight excluding hydrogens is 299 g/mol. The van der Waals surface area contributed by atoms with E-state index in [1.807, 2.05) is 0 Å². The summed E-state index contributed by atoms with van der Waals surface area (Å²) in [6.45, 7) is 0.330. The summed E-state index contributed by atoms with van der Waals surface area (Å²) in [5.41, 5.74) is 2.08. The van der Waals surface area contributed by atoms with Crippen LogP contribution in [0.15, 0.2) is 42.5 Å². The first-order chi connectivity index (χ1) is 11.2. The molecular formula is C18H15FO4. The summed E-state index contributed by atoms with van der Waals surface area (Å²) in [6, 6.07) is 9.90. The van der Waals surface area contributed by atoms with E-state index in [1.165, 1.54) is 14.2 Å². The molecule has 0 N–H and O–H groups in total. The molecule has 5 heteroatoms. The molecule has 1 heterocycles. The third-order valence-corrected chi connectivity index (χ3v) is 3.69. The molecule has 118 valence electrons. The van der Waals surface area contributed by atoms with E-state index in [4.69, 9.17) is 14.2 Å². The van der Waals surface area contributed by atoms with Crippen molar-refractivity contribution >= 4 is 11.5 Å². The van der Waals surface area contributed by atoms with Gasteiger partial charge in [-0.1, -0.05) is 12.1 Å². The van der Waals surface area contributed by atoms with Gasteiger partial charge in [-0.15, -0.1) is 0 Å². The summed E-state index contributed by atoms with van der Waals surface area (Å²) < 4.78 is 29.9. The van der Waals surface area contributed by atoms with Gasteiger partial charge in [0, 0.05) is 11.1 Å². The molecule has 0 bridgehead atoms. The predicted molar refractivity (Wildman–Crippen MR) is 83.3 cm³/mol. The highest BCUT2D eigenvalue weighted by molar-refractivity contribution is 5.93. The van der Waals surface area contributed by atoms with Crippen LogP contribution in [0.25, 0.3) is 5.57 Å². The third-order valence-electron chi connectivity index (χ3n) is 3.69. The third kappa shape index (κ3) is 2.65. The fourth-order valence-corrected chi connectivity index (χ4v) is 2.57. The number of fused-ring (bicyclic) bond motifs is 1. The van der Waals surface area contributed by atoms with E-state index in [0.29, 0.717) is 34.6 Å². The molecule has 0 radical (unpaired) electrons. The zero-order chi connectivity index (χ0) is 16.4. The molecule has 0 saturated heterocycles. The van der Waals surface area contributed by atoms with E-state index in [-0.39, 0.29) is 5.75 Å². The van der Waals surface area contributed by atoms with Crippen LogP contribution >= 0.6 is 0 Å². The first-order valence-corrected chi connectivity index (χ1v) is 7.04. The van der Waals surface area contributed by atoms with Gasteiger partial charge >= 0.3 is 5.97 Å². The van der Waals surface area contributed by atoms with Gasteiger partial charge in [0.2, 0.25) is 0 Å². The molecule has 1 aliphatic rings. The Labute approximate surface area is 133 Å². The molecule has 0 unspecified atom stereocenters. The number of methoxy groups -OCH3 is 2. The number of benzene rings is 2. The maximum absolute atomic E-state index is 14.6. The number of hydrogen-bond donors (Lipinski definition) is 0. The average molecular weight is 314 g/mol.